The van der Waals surface area contributed by atoms with Gasteiger partial charge < -0.3 is 15.6 Å². The summed E-state index contributed by atoms with van der Waals surface area (Å²) in [5, 5.41) is 3.35. The first-order chi connectivity index (χ1) is 7.68. The van der Waals surface area contributed by atoms with E-state index in [1.807, 2.05) is 6.20 Å². The van der Waals surface area contributed by atoms with Gasteiger partial charge in [-0.1, -0.05) is 0 Å². The number of hydrogen-bond donors (Lipinski definition) is 2. The second-order valence-electron chi connectivity index (χ2n) is 4.60. The number of imidazole rings is 1. The van der Waals surface area contributed by atoms with Crippen molar-refractivity contribution in [2.45, 2.75) is 26.4 Å². The van der Waals surface area contributed by atoms with Crippen LogP contribution >= 0.6 is 0 Å². The Bertz CT molecular complexity index is 338. The van der Waals surface area contributed by atoms with E-state index in [2.05, 4.69) is 33.6 Å². The predicted octanol–water partition coefficient (Wildman–Crippen LogP) is 0.451. The lowest BCUT2D eigenvalue weighted by Gasteiger charge is -2.27. The molecular formula is C11H21N5. The van der Waals surface area contributed by atoms with Crippen LogP contribution in [0.5, 0.6) is 0 Å². The summed E-state index contributed by atoms with van der Waals surface area (Å²) in [6.07, 6.45) is 1.90. The van der Waals surface area contributed by atoms with Gasteiger partial charge in [0, 0.05) is 38.8 Å². The van der Waals surface area contributed by atoms with Gasteiger partial charge in [-0.25, -0.2) is 4.98 Å². The van der Waals surface area contributed by atoms with E-state index in [0.29, 0.717) is 12.0 Å². The van der Waals surface area contributed by atoms with E-state index in [9.17, 15) is 0 Å². The van der Waals surface area contributed by atoms with Crippen LogP contribution in [-0.2, 0) is 6.54 Å². The molecule has 2 heterocycles. The molecule has 1 saturated heterocycles. The molecule has 5 heteroatoms. The largest absolute Gasteiger partial charge is 0.369 e. The maximum Gasteiger partial charge on any atom is 0.200 e. The zero-order valence-electron chi connectivity index (χ0n) is 10.1. The summed E-state index contributed by atoms with van der Waals surface area (Å²) in [6, 6.07) is 0.375. The van der Waals surface area contributed by atoms with Crippen molar-refractivity contribution in [3.63, 3.8) is 0 Å². The molecule has 1 fully saturated rings. The first-order valence-corrected chi connectivity index (χ1v) is 5.93. The molecule has 1 aromatic heterocycles. The van der Waals surface area contributed by atoms with Crippen molar-refractivity contribution in [1.29, 1.82) is 0 Å². The fourth-order valence-electron chi connectivity index (χ4n) is 2.22. The minimum atomic E-state index is 0.375. The van der Waals surface area contributed by atoms with Crippen LogP contribution in [0, 0.1) is 0 Å². The van der Waals surface area contributed by atoms with Crippen molar-refractivity contribution in [2.75, 3.05) is 31.9 Å². The number of aromatic nitrogens is 2. The molecule has 0 unspecified atom stereocenters. The maximum absolute atomic E-state index is 5.87. The van der Waals surface area contributed by atoms with Crippen LogP contribution < -0.4 is 11.1 Å². The molecule has 0 aliphatic carbocycles. The number of hydrogen-bond acceptors (Lipinski definition) is 4. The third-order valence-corrected chi connectivity index (χ3v) is 3.01. The summed E-state index contributed by atoms with van der Waals surface area (Å²) in [5.41, 5.74) is 7.09. The highest BCUT2D eigenvalue weighted by Crippen LogP contribution is 2.16. The standard InChI is InChI=1S/C11H21N5/c1-9(2)16-10(7-14-11(16)12)8-15-5-3-13-4-6-15/h7,9,13H,3-6,8H2,1-2H3,(H2,12,14). The van der Waals surface area contributed by atoms with E-state index in [0.717, 1.165) is 32.7 Å². The van der Waals surface area contributed by atoms with Gasteiger partial charge in [0.25, 0.3) is 0 Å². The Hall–Kier alpha value is -1.07. The second-order valence-corrected chi connectivity index (χ2v) is 4.60. The summed E-state index contributed by atoms with van der Waals surface area (Å²) >= 11 is 0. The fourth-order valence-corrected chi connectivity index (χ4v) is 2.22. The monoisotopic (exact) mass is 223 g/mol. The first-order valence-electron chi connectivity index (χ1n) is 5.93. The van der Waals surface area contributed by atoms with Crippen molar-refractivity contribution in [2.24, 2.45) is 0 Å². The number of nitrogens with zero attached hydrogens (tertiary/aromatic N) is 3. The lowest BCUT2D eigenvalue weighted by Crippen LogP contribution is -2.43. The molecule has 1 aromatic rings. The van der Waals surface area contributed by atoms with Crippen molar-refractivity contribution in [1.82, 2.24) is 19.8 Å². The molecule has 0 radical (unpaired) electrons. The molecule has 0 saturated carbocycles. The van der Waals surface area contributed by atoms with Crippen LogP contribution in [0.4, 0.5) is 5.95 Å². The van der Waals surface area contributed by atoms with Gasteiger partial charge in [-0.2, -0.15) is 0 Å². The van der Waals surface area contributed by atoms with Gasteiger partial charge in [0.1, 0.15) is 0 Å². The molecule has 0 atom stereocenters. The highest BCUT2D eigenvalue weighted by Gasteiger charge is 2.15. The Balaban J connectivity index is 2.08. The van der Waals surface area contributed by atoms with Crippen LogP contribution in [-0.4, -0.2) is 40.6 Å². The molecule has 90 valence electrons. The van der Waals surface area contributed by atoms with E-state index < -0.39 is 0 Å². The number of nitrogen functional groups attached to an aromatic ring is 1. The number of nitrogens with two attached hydrogens (primary N) is 1. The maximum atomic E-state index is 5.87. The average molecular weight is 223 g/mol. The van der Waals surface area contributed by atoms with Gasteiger partial charge in [-0.3, -0.25) is 4.90 Å². The summed E-state index contributed by atoms with van der Waals surface area (Å²) in [7, 11) is 0. The molecular weight excluding hydrogens is 202 g/mol. The van der Waals surface area contributed by atoms with E-state index in [-0.39, 0.29) is 0 Å². The summed E-state index contributed by atoms with van der Waals surface area (Å²) in [5.74, 6) is 0.625. The van der Waals surface area contributed by atoms with E-state index in [1.165, 1.54) is 5.69 Å². The van der Waals surface area contributed by atoms with Crippen molar-refractivity contribution >= 4 is 5.95 Å². The molecule has 0 spiro atoms. The van der Waals surface area contributed by atoms with Crippen LogP contribution in [0.25, 0.3) is 0 Å². The van der Waals surface area contributed by atoms with Gasteiger partial charge in [-0.05, 0) is 13.8 Å². The van der Waals surface area contributed by atoms with Crippen molar-refractivity contribution in [3.8, 4) is 0 Å². The Kier molecular flexibility index (Phi) is 3.46. The van der Waals surface area contributed by atoms with Crippen LogP contribution in [0.1, 0.15) is 25.6 Å². The summed E-state index contributed by atoms with van der Waals surface area (Å²) in [6.45, 7) is 9.58. The fraction of sp³-hybridized carbons (Fsp3) is 0.727. The molecule has 1 aliphatic heterocycles. The Morgan fingerprint density at radius 2 is 2.12 bits per heavy atom. The lowest BCUT2D eigenvalue weighted by molar-refractivity contribution is 0.227. The first kappa shape index (κ1) is 11.4. The Morgan fingerprint density at radius 1 is 1.44 bits per heavy atom. The van der Waals surface area contributed by atoms with Gasteiger partial charge in [0.05, 0.1) is 11.9 Å². The van der Waals surface area contributed by atoms with Gasteiger partial charge in [0.2, 0.25) is 5.95 Å². The van der Waals surface area contributed by atoms with E-state index in [4.69, 9.17) is 5.73 Å². The Morgan fingerprint density at radius 3 is 2.75 bits per heavy atom. The summed E-state index contributed by atoms with van der Waals surface area (Å²) < 4.78 is 2.11. The number of rotatable bonds is 3. The smallest absolute Gasteiger partial charge is 0.200 e. The third-order valence-electron chi connectivity index (χ3n) is 3.01. The molecule has 2 rings (SSSR count). The van der Waals surface area contributed by atoms with E-state index in [1.54, 1.807) is 0 Å². The van der Waals surface area contributed by atoms with Gasteiger partial charge in [-0.15, -0.1) is 0 Å². The quantitative estimate of drug-likeness (QED) is 0.781. The third kappa shape index (κ3) is 2.36. The number of piperazine rings is 1. The zero-order chi connectivity index (χ0) is 11.5. The lowest BCUT2D eigenvalue weighted by atomic mass is 10.3. The van der Waals surface area contributed by atoms with Crippen LogP contribution in [0.3, 0.4) is 0 Å². The van der Waals surface area contributed by atoms with E-state index >= 15 is 0 Å². The zero-order valence-corrected chi connectivity index (χ0v) is 10.1. The molecule has 16 heavy (non-hydrogen) atoms. The average Bonchev–Trinajstić information content (AvgIpc) is 2.61. The minimum absolute atomic E-state index is 0.375. The molecule has 0 aromatic carbocycles. The predicted molar refractivity (Wildman–Crippen MR) is 65.2 cm³/mol. The Labute approximate surface area is 96.6 Å². The minimum Gasteiger partial charge on any atom is -0.369 e. The number of nitrogens with one attached hydrogen (secondary N) is 1. The van der Waals surface area contributed by atoms with Crippen LogP contribution in [0.2, 0.25) is 0 Å². The van der Waals surface area contributed by atoms with Gasteiger partial charge in [0.15, 0.2) is 0 Å². The highest BCUT2D eigenvalue weighted by atomic mass is 15.2. The second kappa shape index (κ2) is 4.84. The normalized spacial score (nSPS) is 18.2. The summed E-state index contributed by atoms with van der Waals surface area (Å²) in [4.78, 5) is 6.64. The number of anilines is 1. The molecule has 5 nitrogen and oxygen atoms in total. The molecule has 1 aliphatic rings. The van der Waals surface area contributed by atoms with Crippen molar-refractivity contribution < 1.29 is 0 Å². The van der Waals surface area contributed by atoms with Crippen LogP contribution in [0.15, 0.2) is 6.20 Å². The highest BCUT2D eigenvalue weighted by molar-refractivity contribution is 5.23. The molecule has 0 amide bonds. The SMILES string of the molecule is CC(C)n1c(CN2CCNCC2)cnc1N. The van der Waals surface area contributed by atoms with Gasteiger partial charge >= 0.3 is 0 Å². The molecule has 0 bridgehead atoms. The molecule has 3 N–H and O–H groups in total. The van der Waals surface area contributed by atoms with Crippen molar-refractivity contribution in [3.05, 3.63) is 11.9 Å². The topological polar surface area (TPSA) is 59.1 Å².